The van der Waals surface area contributed by atoms with Crippen molar-refractivity contribution in [1.82, 2.24) is 5.32 Å². The Hall–Kier alpha value is -1.07. The van der Waals surface area contributed by atoms with Gasteiger partial charge in [0.2, 0.25) is 0 Å². The first-order chi connectivity index (χ1) is 7.41. The van der Waals surface area contributed by atoms with Crippen molar-refractivity contribution in [2.45, 2.75) is 13.0 Å². The molecule has 0 unspecified atom stereocenters. The quantitative estimate of drug-likeness (QED) is 0.900. The zero-order valence-electron chi connectivity index (χ0n) is 8.33. The van der Waals surface area contributed by atoms with Gasteiger partial charge >= 0.3 is 5.97 Å². The predicted molar refractivity (Wildman–Crippen MR) is 63.7 cm³/mol. The van der Waals surface area contributed by atoms with E-state index < -0.39 is 17.9 Å². The van der Waals surface area contributed by atoms with E-state index in [-0.39, 0.29) is 0 Å². The number of carboxylic acids is 1. The number of carbonyl (C=O) groups is 2. The molecule has 1 aromatic rings. The molecule has 0 heterocycles. The number of carboxylic acid groups (broad SMARTS) is 1. The highest BCUT2D eigenvalue weighted by atomic mass is 79.9. The molecular formula is C10H9BrClNO3. The van der Waals surface area contributed by atoms with Crippen molar-refractivity contribution in [3.8, 4) is 0 Å². The lowest BCUT2D eigenvalue weighted by Crippen LogP contribution is -2.38. The van der Waals surface area contributed by atoms with E-state index in [2.05, 4.69) is 21.2 Å². The van der Waals surface area contributed by atoms with Crippen molar-refractivity contribution in [2.24, 2.45) is 0 Å². The molecule has 0 aliphatic rings. The molecule has 6 heteroatoms. The molecule has 0 saturated carbocycles. The largest absolute Gasteiger partial charge is 0.480 e. The van der Waals surface area contributed by atoms with Gasteiger partial charge in [-0.2, -0.15) is 0 Å². The Bertz CT molecular complexity index is 436. The van der Waals surface area contributed by atoms with Gasteiger partial charge in [0.25, 0.3) is 5.91 Å². The third-order valence-corrected chi connectivity index (χ3v) is 2.82. The summed E-state index contributed by atoms with van der Waals surface area (Å²) in [5, 5.41) is 11.4. The van der Waals surface area contributed by atoms with Crippen LogP contribution in [-0.2, 0) is 4.79 Å². The molecular weight excluding hydrogens is 297 g/mol. The van der Waals surface area contributed by atoms with Crippen molar-refractivity contribution in [3.05, 3.63) is 33.3 Å². The molecule has 0 aliphatic heterocycles. The van der Waals surface area contributed by atoms with Crippen LogP contribution in [0.2, 0.25) is 5.02 Å². The molecule has 0 fully saturated rings. The second-order valence-electron chi connectivity index (χ2n) is 3.16. The second-order valence-corrected chi connectivity index (χ2v) is 4.45. The van der Waals surface area contributed by atoms with Gasteiger partial charge in [-0.25, -0.2) is 0 Å². The number of carbonyl (C=O) groups excluding carboxylic acids is 1. The summed E-state index contributed by atoms with van der Waals surface area (Å²) in [6.45, 7) is 1.39. The molecule has 1 aromatic carbocycles. The van der Waals surface area contributed by atoms with Crippen LogP contribution in [0.5, 0.6) is 0 Å². The Kier molecular flexibility index (Phi) is 4.32. The van der Waals surface area contributed by atoms with Crippen LogP contribution < -0.4 is 5.32 Å². The maximum absolute atomic E-state index is 11.7. The standard InChI is InChI=1S/C10H9BrClNO3/c1-5(10(15)16)13-9(14)7-4-6(12)2-3-8(7)11/h2-5H,1H3,(H,13,14)(H,15,16)/t5-/m1/s1. The number of halogens is 2. The first-order valence-corrected chi connectivity index (χ1v) is 5.57. The van der Waals surface area contributed by atoms with E-state index in [1.54, 1.807) is 12.1 Å². The van der Waals surface area contributed by atoms with E-state index in [9.17, 15) is 9.59 Å². The van der Waals surface area contributed by atoms with Crippen molar-refractivity contribution in [1.29, 1.82) is 0 Å². The first kappa shape index (κ1) is 13.0. The number of aliphatic carboxylic acids is 1. The average Bonchev–Trinajstić information content (AvgIpc) is 2.21. The van der Waals surface area contributed by atoms with E-state index in [4.69, 9.17) is 16.7 Å². The smallest absolute Gasteiger partial charge is 0.325 e. The third kappa shape index (κ3) is 3.21. The summed E-state index contributed by atoms with van der Waals surface area (Å²) < 4.78 is 0.562. The van der Waals surface area contributed by atoms with Gasteiger partial charge in [-0.05, 0) is 41.1 Å². The SMILES string of the molecule is C[C@@H](NC(=O)c1cc(Cl)ccc1Br)C(=O)O. The van der Waals surface area contributed by atoms with Crippen LogP contribution in [0.3, 0.4) is 0 Å². The maximum Gasteiger partial charge on any atom is 0.325 e. The van der Waals surface area contributed by atoms with Crippen LogP contribution >= 0.6 is 27.5 Å². The molecule has 16 heavy (non-hydrogen) atoms. The van der Waals surface area contributed by atoms with Gasteiger partial charge in [-0.15, -0.1) is 0 Å². The van der Waals surface area contributed by atoms with E-state index >= 15 is 0 Å². The zero-order chi connectivity index (χ0) is 12.3. The van der Waals surface area contributed by atoms with Crippen LogP contribution in [0.4, 0.5) is 0 Å². The third-order valence-electron chi connectivity index (χ3n) is 1.89. The number of amides is 1. The molecule has 2 N–H and O–H groups in total. The van der Waals surface area contributed by atoms with E-state index in [1.807, 2.05) is 0 Å². The summed E-state index contributed by atoms with van der Waals surface area (Å²) in [4.78, 5) is 22.2. The normalized spacial score (nSPS) is 11.9. The van der Waals surface area contributed by atoms with Gasteiger partial charge in [0, 0.05) is 9.50 Å². The molecule has 1 atom stereocenters. The van der Waals surface area contributed by atoms with E-state index in [0.717, 1.165) is 0 Å². The number of rotatable bonds is 3. The number of hydrogen-bond donors (Lipinski definition) is 2. The van der Waals surface area contributed by atoms with E-state index in [0.29, 0.717) is 15.1 Å². The molecule has 4 nitrogen and oxygen atoms in total. The van der Waals surface area contributed by atoms with Crippen LogP contribution in [0.25, 0.3) is 0 Å². The molecule has 1 amide bonds. The minimum Gasteiger partial charge on any atom is -0.480 e. The highest BCUT2D eigenvalue weighted by Crippen LogP contribution is 2.21. The Balaban J connectivity index is 2.88. The molecule has 86 valence electrons. The lowest BCUT2D eigenvalue weighted by atomic mass is 10.2. The van der Waals surface area contributed by atoms with Crippen molar-refractivity contribution in [2.75, 3.05) is 0 Å². The fraction of sp³-hybridized carbons (Fsp3) is 0.200. The van der Waals surface area contributed by atoms with Gasteiger partial charge in [0.15, 0.2) is 0 Å². The summed E-state index contributed by atoms with van der Waals surface area (Å²) in [5.41, 5.74) is 0.306. The van der Waals surface area contributed by atoms with Gasteiger partial charge in [-0.1, -0.05) is 11.6 Å². The molecule has 0 aliphatic carbocycles. The Morgan fingerprint density at radius 2 is 2.12 bits per heavy atom. The molecule has 0 spiro atoms. The Labute approximate surface area is 106 Å². The summed E-state index contributed by atoms with van der Waals surface area (Å²) in [5.74, 6) is -1.57. The molecule has 0 bridgehead atoms. The average molecular weight is 307 g/mol. The highest BCUT2D eigenvalue weighted by molar-refractivity contribution is 9.10. The summed E-state index contributed by atoms with van der Waals surface area (Å²) in [6.07, 6.45) is 0. The molecule has 1 rings (SSSR count). The van der Waals surface area contributed by atoms with Crippen molar-refractivity contribution in [3.63, 3.8) is 0 Å². The lowest BCUT2D eigenvalue weighted by Gasteiger charge is -2.10. The van der Waals surface area contributed by atoms with Crippen LogP contribution in [0, 0.1) is 0 Å². The Morgan fingerprint density at radius 3 is 2.69 bits per heavy atom. The number of benzene rings is 1. The monoisotopic (exact) mass is 305 g/mol. The fourth-order valence-electron chi connectivity index (χ4n) is 1.01. The molecule has 0 radical (unpaired) electrons. The summed E-state index contributed by atoms with van der Waals surface area (Å²) in [7, 11) is 0. The predicted octanol–water partition coefficient (Wildman–Crippen LogP) is 2.31. The molecule has 0 saturated heterocycles. The van der Waals surface area contributed by atoms with Gasteiger partial charge in [-0.3, -0.25) is 9.59 Å². The van der Waals surface area contributed by atoms with Crippen LogP contribution in [0.15, 0.2) is 22.7 Å². The molecule has 0 aromatic heterocycles. The topological polar surface area (TPSA) is 66.4 Å². The van der Waals surface area contributed by atoms with Crippen molar-refractivity contribution >= 4 is 39.4 Å². The Morgan fingerprint density at radius 1 is 1.50 bits per heavy atom. The van der Waals surface area contributed by atoms with Crippen molar-refractivity contribution < 1.29 is 14.7 Å². The maximum atomic E-state index is 11.7. The number of hydrogen-bond acceptors (Lipinski definition) is 2. The minimum absolute atomic E-state index is 0.306. The first-order valence-electron chi connectivity index (χ1n) is 4.40. The summed E-state index contributed by atoms with van der Waals surface area (Å²) >= 11 is 8.93. The second kappa shape index (κ2) is 5.32. The van der Waals surface area contributed by atoms with E-state index in [1.165, 1.54) is 13.0 Å². The fourth-order valence-corrected chi connectivity index (χ4v) is 1.61. The highest BCUT2D eigenvalue weighted by Gasteiger charge is 2.17. The van der Waals surface area contributed by atoms with Gasteiger partial charge in [0.1, 0.15) is 6.04 Å². The zero-order valence-corrected chi connectivity index (χ0v) is 10.7. The van der Waals surface area contributed by atoms with Crippen LogP contribution in [-0.4, -0.2) is 23.0 Å². The summed E-state index contributed by atoms with van der Waals surface area (Å²) in [6, 6.07) is 3.78. The lowest BCUT2D eigenvalue weighted by molar-refractivity contribution is -0.138. The van der Waals surface area contributed by atoms with Gasteiger partial charge < -0.3 is 10.4 Å². The number of nitrogens with one attached hydrogen (secondary N) is 1. The van der Waals surface area contributed by atoms with Crippen LogP contribution in [0.1, 0.15) is 17.3 Å². The van der Waals surface area contributed by atoms with Gasteiger partial charge in [0.05, 0.1) is 5.56 Å². The minimum atomic E-state index is -1.09.